The van der Waals surface area contributed by atoms with Gasteiger partial charge in [0.1, 0.15) is 0 Å². The summed E-state index contributed by atoms with van der Waals surface area (Å²) < 4.78 is 19.8. The van der Waals surface area contributed by atoms with Crippen molar-refractivity contribution in [3.63, 3.8) is 0 Å². The molecule has 1 aromatic heterocycles. The Morgan fingerprint density at radius 1 is 1.46 bits per heavy atom. The molecule has 0 aliphatic carbocycles. The largest absolute Gasteiger partial charge is 0.377 e. The summed E-state index contributed by atoms with van der Waals surface area (Å²) in [5.74, 6) is 0.934. The second-order valence-corrected chi connectivity index (χ2v) is 7.27. The average molecular weight is 395 g/mol. The van der Waals surface area contributed by atoms with E-state index < -0.39 is 0 Å². The fourth-order valence-corrected chi connectivity index (χ4v) is 3.25. The zero-order valence-corrected chi connectivity index (χ0v) is 17.6. The molecule has 1 aromatic rings. The predicted octanol–water partition coefficient (Wildman–Crippen LogP) is 1.71. The summed E-state index contributed by atoms with van der Waals surface area (Å²) in [4.78, 5) is 13.1. The molecule has 2 unspecified atom stereocenters. The van der Waals surface area contributed by atoms with E-state index in [-0.39, 0.29) is 18.0 Å². The van der Waals surface area contributed by atoms with Gasteiger partial charge in [0.15, 0.2) is 17.6 Å². The zero-order valence-electron chi connectivity index (χ0n) is 17.6. The molecule has 2 heterocycles. The second kappa shape index (κ2) is 11.8. The fraction of sp³-hybridized carbons (Fsp3) is 0.700. The number of pyridine rings is 1. The first-order valence-electron chi connectivity index (χ1n) is 10.2. The molecule has 7 nitrogen and oxygen atoms in total. The molecule has 0 spiro atoms. The average Bonchev–Trinajstić information content (AvgIpc) is 3.12. The van der Waals surface area contributed by atoms with Crippen LogP contribution in [0.5, 0.6) is 0 Å². The summed E-state index contributed by atoms with van der Waals surface area (Å²) in [7, 11) is 4.13. The third kappa shape index (κ3) is 7.24. The highest BCUT2D eigenvalue weighted by Gasteiger charge is 2.26. The Kier molecular flexibility index (Phi) is 9.43. The standard InChI is InChI=1S/C20H35FN6O/c1-5-22-20(24-14-17(28-6-2)10-12-26(3)4)25-16-9-13-27(15-16)19-18(21)8-7-11-23-19/h7-8,11,16-17H,5-6,9-10,12-15H2,1-4H3,(H2,22,24,25). The van der Waals surface area contributed by atoms with Crippen molar-refractivity contribution in [2.24, 2.45) is 4.99 Å². The number of rotatable bonds is 10. The highest BCUT2D eigenvalue weighted by atomic mass is 19.1. The van der Waals surface area contributed by atoms with E-state index >= 15 is 0 Å². The Morgan fingerprint density at radius 3 is 2.96 bits per heavy atom. The SMILES string of the molecule is CCNC(=NCC(CCN(C)C)OCC)NC1CCN(c2ncccc2F)C1. The minimum Gasteiger partial charge on any atom is -0.377 e. The maximum atomic E-state index is 14.0. The number of hydrogen-bond acceptors (Lipinski definition) is 5. The monoisotopic (exact) mass is 394 g/mol. The number of nitrogens with zero attached hydrogens (tertiary/aromatic N) is 4. The van der Waals surface area contributed by atoms with E-state index in [4.69, 9.17) is 9.73 Å². The van der Waals surface area contributed by atoms with Gasteiger partial charge in [-0.05, 0) is 52.9 Å². The molecule has 8 heteroatoms. The molecule has 0 radical (unpaired) electrons. The van der Waals surface area contributed by atoms with Crippen LogP contribution in [0.4, 0.5) is 10.2 Å². The molecule has 0 saturated carbocycles. The van der Waals surface area contributed by atoms with Gasteiger partial charge in [-0.2, -0.15) is 0 Å². The number of nitrogens with one attached hydrogen (secondary N) is 2. The minimum absolute atomic E-state index is 0.102. The van der Waals surface area contributed by atoms with Crippen LogP contribution < -0.4 is 15.5 Å². The summed E-state index contributed by atoms with van der Waals surface area (Å²) in [6, 6.07) is 3.27. The molecule has 1 fully saturated rings. The molecule has 0 amide bonds. The Morgan fingerprint density at radius 2 is 2.29 bits per heavy atom. The van der Waals surface area contributed by atoms with Crippen molar-refractivity contribution in [2.45, 2.75) is 38.8 Å². The van der Waals surface area contributed by atoms with E-state index in [1.807, 2.05) is 18.7 Å². The maximum Gasteiger partial charge on any atom is 0.191 e. The lowest BCUT2D eigenvalue weighted by atomic mass is 10.2. The molecule has 1 aliphatic heterocycles. The smallest absolute Gasteiger partial charge is 0.191 e. The third-order valence-electron chi connectivity index (χ3n) is 4.67. The van der Waals surface area contributed by atoms with Crippen LogP contribution in [0.25, 0.3) is 0 Å². The number of halogens is 1. The van der Waals surface area contributed by atoms with Crippen molar-refractivity contribution in [3.05, 3.63) is 24.1 Å². The quantitative estimate of drug-likeness (QED) is 0.465. The fourth-order valence-electron chi connectivity index (χ4n) is 3.25. The Hall–Kier alpha value is -1.93. The zero-order chi connectivity index (χ0) is 20.4. The van der Waals surface area contributed by atoms with Crippen LogP contribution in [0.3, 0.4) is 0 Å². The first-order chi connectivity index (χ1) is 13.5. The second-order valence-electron chi connectivity index (χ2n) is 7.27. The van der Waals surface area contributed by atoms with Crippen LogP contribution in [0.1, 0.15) is 26.7 Å². The van der Waals surface area contributed by atoms with Crippen molar-refractivity contribution in [2.75, 3.05) is 58.3 Å². The number of aliphatic imine (C=N–C) groups is 1. The molecule has 0 aromatic carbocycles. The molecule has 1 saturated heterocycles. The van der Waals surface area contributed by atoms with E-state index in [0.717, 1.165) is 38.4 Å². The molecule has 158 valence electrons. The number of ether oxygens (including phenoxy) is 1. The van der Waals surface area contributed by atoms with Crippen LogP contribution in [0, 0.1) is 5.82 Å². The summed E-state index contributed by atoms with van der Waals surface area (Å²) in [6.07, 6.45) is 3.59. The van der Waals surface area contributed by atoms with Crippen molar-refractivity contribution >= 4 is 11.8 Å². The maximum absolute atomic E-state index is 14.0. The molecule has 1 aliphatic rings. The van der Waals surface area contributed by atoms with Gasteiger partial charge in [-0.15, -0.1) is 0 Å². The van der Waals surface area contributed by atoms with E-state index in [0.29, 0.717) is 25.5 Å². The molecule has 0 bridgehead atoms. The van der Waals surface area contributed by atoms with E-state index in [1.165, 1.54) is 6.07 Å². The topological polar surface area (TPSA) is 65.0 Å². The number of aromatic nitrogens is 1. The molecule has 28 heavy (non-hydrogen) atoms. The van der Waals surface area contributed by atoms with Crippen molar-refractivity contribution in [3.8, 4) is 0 Å². The normalized spacial score (nSPS) is 18.6. The van der Waals surface area contributed by atoms with Crippen LogP contribution in [0.2, 0.25) is 0 Å². The van der Waals surface area contributed by atoms with Crippen LogP contribution in [-0.2, 0) is 4.74 Å². The summed E-state index contributed by atoms with van der Waals surface area (Å²) in [5, 5.41) is 6.78. The molecule has 2 rings (SSSR count). The third-order valence-corrected chi connectivity index (χ3v) is 4.67. The van der Waals surface area contributed by atoms with Gasteiger partial charge in [0, 0.05) is 45.0 Å². The molecular weight excluding hydrogens is 359 g/mol. The number of guanidine groups is 1. The Bertz CT molecular complexity index is 612. The Labute approximate surface area is 168 Å². The van der Waals surface area contributed by atoms with Gasteiger partial charge in [-0.25, -0.2) is 9.37 Å². The van der Waals surface area contributed by atoms with Gasteiger partial charge in [0.25, 0.3) is 0 Å². The highest BCUT2D eigenvalue weighted by molar-refractivity contribution is 5.80. The van der Waals surface area contributed by atoms with Crippen LogP contribution >= 0.6 is 0 Å². The van der Waals surface area contributed by atoms with Crippen LogP contribution in [0.15, 0.2) is 23.3 Å². The molecular formula is C20H35FN6O. The van der Waals surface area contributed by atoms with Crippen molar-refractivity contribution in [1.82, 2.24) is 20.5 Å². The lowest BCUT2D eigenvalue weighted by Crippen LogP contribution is -2.45. The molecule has 2 atom stereocenters. The van der Waals surface area contributed by atoms with Gasteiger partial charge in [0.05, 0.1) is 12.6 Å². The van der Waals surface area contributed by atoms with E-state index in [9.17, 15) is 4.39 Å². The number of hydrogen-bond donors (Lipinski definition) is 2. The first kappa shape index (κ1) is 22.4. The predicted molar refractivity (Wildman–Crippen MR) is 113 cm³/mol. The van der Waals surface area contributed by atoms with Gasteiger partial charge < -0.3 is 25.2 Å². The van der Waals surface area contributed by atoms with Gasteiger partial charge in [-0.1, -0.05) is 0 Å². The van der Waals surface area contributed by atoms with Crippen molar-refractivity contribution in [1.29, 1.82) is 0 Å². The minimum atomic E-state index is -0.274. The number of anilines is 1. The van der Waals surface area contributed by atoms with E-state index in [2.05, 4.69) is 34.6 Å². The van der Waals surface area contributed by atoms with Gasteiger partial charge in [0.2, 0.25) is 0 Å². The van der Waals surface area contributed by atoms with Crippen LogP contribution in [-0.4, -0.2) is 81.4 Å². The van der Waals surface area contributed by atoms with Gasteiger partial charge in [-0.3, -0.25) is 4.99 Å². The van der Waals surface area contributed by atoms with E-state index in [1.54, 1.807) is 12.3 Å². The summed E-state index contributed by atoms with van der Waals surface area (Å²) >= 11 is 0. The first-order valence-corrected chi connectivity index (χ1v) is 10.2. The van der Waals surface area contributed by atoms with Crippen molar-refractivity contribution < 1.29 is 9.13 Å². The Balaban J connectivity index is 1.92. The lowest BCUT2D eigenvalue weighted by molar-refractivity contribution is 0.0582. The summed E-state index contributed by atoms with van der Waals surface area (Å²) in [6.45, 7) is 8.59. The van der Waals surface area contributed by atoms with Gasteiger partial charge >= 0.3 is 0 Å². The summed E-state index contributed by atoms with van der Waals surface area (Å²) in [5.41, 5.74) is 0. The molecule has 2 N–H and O–H groups in total. The highest BCUT2D eigenvalue weighted by Crippen LogP contribution is 2.20. The lowest BCUT2D eigenvalue weighted by Gasteiger charge is -2.21.